The minimum absolute atomic E-state index is 0.0339. The van der Waals surface area contributed by atoms with Crippen molar-refractivity contribution in [3.05, 3.63) is 28.8 Å². The van der Waals surface area contributed by atoms with E-state index in [-0.39, 0.29) is 18.4 Å². The third kappa shape index (κ3) is 4.11. The lowest BCUT2D eigenvalue weighted by Gasteiger charge is -2.11. The largest absolute Gasteiger partial charge is 0.409 e. The fraction of sp³-hybridized carbons (Fsp3) is 0.364. The molecule has 0 amide bonds. The van der Waals surface area contributed by atoms with Crippen molar-refractivity contribution in [1.29, 1.82) is 0 Å². The number of halogens is 1. The molecule has 1 unspecified atom stereocenters. The van der Waals surface area contributed by atoms with Gasteiger partial charge in [-0.25, -0.2) is 0 Å². The van der Waals surface area contributed by atoms with Gasteiger partial charge in [-0.3, -0.25) is 0 Å². The van der Waals surface area contributed by atoms with Gasteiger partial charge in [-0.1, -0.05) is 23.7 Å². The average molecular weight is 275 g/mol. The van der Waals surface area contributed by atoms with E-state index in [2.05, 4.69) is 5.16 Å². The predicted octanol–water partition coefficient (Wildman–Crippen LogP) is 2.15. The van der Waals surface area contributed by atoms with Crippen LogP contribution < -0.4 is 5.73 Å². The zero-order valence-corrected chi connectivity index (χ0v) is 11.0. The van der Waals surface area contributed by atoms with Crippen molar-refractivity contribution >= 4 is 29.2 Å². The summed E-state index contributed by atoms with van der Waals surface area (Å²) in [7, 11) is 0. The molecule has 0 saturated carbocycles. The predicted molar refractivity (Wildman–Crippen MR) is 70.9 cm³/mol. The van der Waals surface area contributed by atoms with Crippen molar-refractivity contribution in [2.24, 2.45) is 16.8 Å². The molecule has 0 spiro atoms. The van der Waals surface area contributed by atoms with Crippen LogP contribution in [0.5, 0.6) is 0 Å². The van der Waals surface area contributed by atoms with E-state index in [1.54, 1.807) is 23.9 Å². The molecular weight excluding hydrogens is 260 g/mol. The normalized spacial score (nSPS) is 13.7. The summed E-state index contributed by atoms with van der Waals surface area (Å²) >= 11 is 7.41. The van der Waals surface area contributed by atoms with Gasteiger partial charge >= 0.3 is 0 Å². The summed E-state index contributed by atoms with van der Waals surface area (Å²) in [5, 5.41) is 21.2. The number of amidine groups is 1. The van der Waals surface area contributed by atoms with Gasteiger partial charge < -0.3 is 16.0 Å². The Morgan fingerprint density at radius 3 is 2.88 bits per heavy atom. The maximum Gasteiger partial charge on any atom is 0.171 e. The summed E-state index contributed by atoms with van der Waals surface area (Å²) in [6.07, 6.45) is 0. The summed E-state index contributed by atoms with van der Waals surface area (Å²) in [4.78, 5) is 0.880. The first kappa shape index (κ1) is 14.2. The number of hydrogen-bond acceptors (Lipinski definition) is 4. The first-order valence-electron chi connectivity index (χ1n) is 5.09. The van der Waals surface area contributed by atoms with Crippen molar-refractivity contribution in [2.45, 2.75) is 11.8 Å². The first-order chi connectivity index (χ1) is 8.08. The number of hydrogen-bond donors (Lipinski definition) is 3. The highest BCUT2D eigenvalue weighted by molar-refractivity contribution is 7.99. The van der Waals surface area contributed by atoms with E-state index in [0.717, 1.165) is 10.6 Å². The second-order valence-corrected chi connectivity index (χ2v) is 5.22. The van der Waals surface area contributed by atoms with E-state index in [9.17, 15) is 0 Å². The number of benzene rings is 1. The summed E-state index contributed by atoms with van der Waals surface area (Å²) < 4.78 is 0. The van der Waals surface area contributed by atoms with Crippen molar-refractivity contribution in [1.82, 2.24) is 0 Å². The van der Waals surface area contributed by atoms with Gasteiger partial charge in [-0.05, 0) is 24.1 Å². The van der Waals surface area contributed by atoms with Crippen LogP contribution in [0.25, 0.3) is 0 Å². The smallest absolute Gasteiger partial charge is 0.171 e. The molecule has 0 aliphatic carbocycles. The van der Waals surface area contributed by atoms with Crippen molar-refractivity contribution in [3.63, 3.8) is 0 Å². The molecule has 1 aromatic rings. The summed E-state index contributed by atoms with van der Waals surface area (Å²) in [6.45, 7) is 2.09. The third-order valence-corrected chi connectivity index (χ3v) is 3.80. The number of rotatable bonds is 5. The van der Waals surface area contributed by atoms with Gasteiger partial charge in [-0.2, -0.15) is 0 Å². The van der Waals surface area contributed by atoms with Crippen molar-refractivity contribution in [3.8, 4) is 0 Å². The van der Waals surface area contributed by atoms with Gasteiger partial charge in [0.05, 0.1) is 0 Å². The Balaban J connectivity index is 2.91. The highest BCUT2D eigenvalue weighted by atomic mass is 35.5. The van der Waals surface area contributed by atoms with E-state index in [0.29, 0.717) is 10.6 Å². The fourth-order valence-electron chi connectivity index (χ4n) is 1.17. The van der Waals surface area contributed by atoms with Crippen LogP contribution >= 0.6 is 23.4 Å². The second kappa shape index (κ2) is 6.74. The molecule has 0 radical (unpaired) electrons. The minimum atomic E-state index is 0.0339. The highest BCUT2D eigenvalue weighted by Gasteiger charge is 2.10. The molecule has 6 heteroatoms. The number of aliphatic hydroxyl groups is 1. The SMILES string of the molecule is CC(CO)CSc1ccc(Cl)cc1C(N)=NO. The maximum atomic E-state index is 8.96. The third-order valence-electron chi connectivity index (χ3n) is 2.16. The monoisotopic (exact) mass is 274 g/mol. The Hall–Kier alpha value is -0.910. The van der Waals surface area contributed by atoms with Gasteiger partial charge in [0.2, 0.25) is 0 Å². The van der Waals surface area contributed by atoms with Crippen LogP contribution in [-0.2, 0) is 0 Å². The van der Waals surface area contributed by atoms with Crippen LogP contribution in [0.2, 0.25) is 5.02 Å². The number of aliphatic hydroxyl groups excluding tert-OH is 1. The standard InChI is InChI=1S/C11H15ClN2O2S/c1-7(5-15)6-17-10-3-2-8(12)4-9(10)11(13)14-16/h2-4,7,15-16H,5-6H2,1H3,(H2,13,14). The molecular formula is C11H15ClN2O2S. The van der Waals surface area contributed by atoms with Gasteiger partial charge in [-0.15, -0.1) is 11.8 Å². The van der Waals surface area contributed by atoms with Gasteiger partial charge in [0.25, 0.3) is 0 Å². The number of thioether (sulfide) groups is 1. The molecule has 4 nitrogen and oxygen atoms in total. The van der Waals surface area contributed by atoms with Crippen LogP contribution in [0.15, 0.2) is 28.3 Å². The lowest BCUT2D eigenvalue weighted by Crippen LogP contribution is -2.14. The number of oxime groups is 1. The van der Waals surface area contributed by atoms with Crippen LogP contribution in [-0.4, -0.2) is 28.5 Å². The van der Waals surface area contributed by atoms with E-state index in [1.165, 1.54) is 0 Å². The summed E-state index contributed by atoms with van der Waals surface area (Å²) in [5.74, 6) is 0.978. The molecule has 1 atom stereocenters. The molecule has 0 aliphatic rings. The van der Waals surface area contributed by atoms with Gasteiger partial charge in [0, 0.05) is 27.8 Å². The molecule has 1 aromatic carbocycles. The topological polar surface area (TPSA) is 78.8 Å². The molecule has 0 fully saturated rings. The fourth-order valence-corrected chi connectivity index (χ4v) is 2.39. The lowest BCUT2D eigenvalue weighted by molar-refractivity contribution is 0.250. The Labute approximate surface area is 109 Å². The molecule has 94 valence electrons. The number of nitrogens with two attached hydrogens (primary N) is 1. The van der Waals surface area contributed by atoms with E-state index in [4.69, 9.17) is 27.6 Å². The molecule has 17 heavy (non-hydrogen) atoms. The van der Waals surface area contributed by atoms with Crippen molar-refractivity contribution in [2.75, 3.05) is 12.4 Å². The van der Waals surface area contributed by atoms with E-state index >= 15 is 0 Å². The number of nitrogens with zero attached hydrogens (tertiary/aromatic N) is 1. The lowest BCUT2D eigenvalue weighted by atomic mass is 10.2. The average Bonchev–Trinajstić information content (AvgIpc) is 2.35. The molecule has 0 aliphatic heterocycles. The molecule has 0 saturated heterocycles. The van der Waals surface area contributed by atoms with Crippen LogP contribution in [0.1, 0.15) is 12.5 Å². The van der Waals surface area contributed by atoms with Gasteiger partial charge in [0.1, 0.15) is 0 Å². The molecule has 0 bridgehead atoms. The van der Waals surface area contributed by atoms with E-state index in [1.807, 2.05) is 13.0 Å². The van der Waals surface area contributed by atoms with Crippen LogP contribution in [0.4, 0.5) is 0 Å². The Morgan fingerprint density at radius 1 is 1.59 bits per heavy atom. The van der Waals surface area contributed by atoms with Crippen LogP contribution in [0.3, 0.4) is 0 Å². The Bertz CT molecular complexity index is 412. The second-order valence-electron chi connectivity index (χ2n) is 3.72. The summed E-state index contributed by atoms with van der Waals surface area (Å²) in [6, 6.07) is 5.23. The van der Waals surface area contributed by atoms with Gasteiger partial charge in [0.15, 0.2) is 5.84 Å². The Kier molecular flexibility index (Phi) is 5.61. The molecule has 0 heterocycles. The molecule has 4 N–H and O–H groups in total. The highest BCUT2D eigenvalue weighted by Crippen LogP contribution is 2.27. The molecule has 1 rings (SSSR count). The maximum absolute atomic E-state index is 8.96. The quantitative estimate of drug-likeness (QED) is 0.253. The molecule has 0 aromatic heterocycles. The summed E-state index contributed by atoms with van der Waals surface area (Å²) in [5.41, 5.74) is 6.19. The Morgan fingerprint density at radius 2 is 2.29 bits per heavy atom. The van der Waals surface area contributed by atoms with Crippen LogP contribution in [0, 0.1) is 5.92 Å². The minimum Gasteiger partial charge on any atom is -0.409 e. The zero-order chi connectivity index (χ0) is 12.8. The zero-order valence-electron chi connectivity index (χ0n) is 9.43. The van der Waals surface area contributed by atoms with E-state index < -0.39 is 0 Å². The first-order valence-corrected chi connectivity index (χ1v) is 6.46. The van der Waals surface area contributed by atoms with Crippen molar-refractivity contribution < 1.29 is 10.3 Å².